The van der Waals surface area contributed by atoms with Crippen molar-refractivity contribution < 1.29 is 7.65 Å². The molecule has 27 heavy (non-hydrogen) atoms. The van der Waals surface area contributed by atoms with Gasteiger partial charge in [-0.05, 0) is 61.6 Å². The number of nitrogens with two attached hydrogens (primary N) is 1. The standard InChI is InChI=1S/C20H27N5O.H3N.2H2/c1-14(2)4-5-16(21)12-23-17-6-8-18(9-7-17)24-20(26)25-19-13-22-11-10-15(19)3;;;/h6-14,23H,4-5,21H2,1-3H3,(H2,24,25,26);1H3;2*1H/b16-12-;;;. The molecule has 1 aromatic carbocycles. The molecule has 8 N–H and O–H groups in total. The van der Waals surface area contributed by atoms with Gasteiger partial charge in [-0.2, -0.15) is 0 Å². The predicted molar refractivity (Wildman–Crippen MR) is 117 cm³/mol. The van der Waals surface area contributed by atoms with Crippen molar-refractivity contribution in [1.29, 1.82) is 0 Å². The number of allylic oxidation sites excluding steroid dienone is 1. The summed E-state index contributed by atoms with van der Waals surface area (Å²) in [7, 11) is 0. The lowest BCUT2D eigenvalue weighted by Crippen LogP contribution is -2.20. The van der Waals surface area contributed by atoms with E-state index in [0.717, 1.165) is 29.8 Å². The molecule has 0 saturated heterocycles. The number of aromatic nitrogens is 1. The maximum atomic E-state index is 12.1. The Labute approximate surface area is 164 Å². The zero-order valence-electron chi connectivity index (χ0n) is 16.3. The third-order valence-electron chi connectivity index (χ3n) is 3.86. The Balaban J connectivity index is 0. The number of hydrogen-bond donors (Lipinski definition) is 5. The SMILES string of the molecule is Cc1ccncc1NC(=O)Nc1ccc(N/C=C(\N)CCC(C)C)cc1.N.[HH].[HH]. The molecule has 0 aliphatic rings. The van der Waals surface area contributed by atoms with Crippen LogP contribution in [0.4, 0.5) is 21.9 Å². The molecule has 0 saturated carbocycles. The first kappa shape index (κ1) is 22.0. The predicted octanol–water partition coefficient (Wildman–Crippen LogP) is 5.34. The minimum Gasteiger partial charge on any atom is -0.401 e. The quantitative estimate of drug-likeness (QED) is 0.447. The molecule has 7 heteroatoms. The van der Waals surface area contributed by atoms with E-state index in [9.17, 15) is 4.79 Å². The van der Waals surface area contributed by atoms with Crippen LogP contribution in [0.1, 0.15) is 35.1 Å². The van der Waals surface area contributed by atoms with Crippen LogP contribution in [-0.4, -0.2) is 11.0 Å². The fraction of sp³-hybridized carbons (Fsp3) is 0.300. The van der Waals surface area contributed by atoms with Crippen molar-refractivity contribution in [3.8, 4) is 0 Å². The maximum absolute atomic E-state index is 12.1. The van der Waals surface area contributed by atoms with E-state index >= 15 is 0 Å². The largest absolute Gasteiger partial charge is 0.401 e. The molecule has 2 rings (SSSR count). The van der Waals surface area contributed by atoms with Crippen molar-refractivity contribution in [3.05, 3.63) is 60.2 Å². The molecule has 0 atom stereocenters. The normalized spacial score (nSPS) is 10.9. The van der Waals surface area contributed by atoms with Crippen molar-refractivity contribution in [2.75, 3.05) is 16.0 Å². The molecule has 0 fully saturated rings. The number of nitrogens with one attached hydrogen (secondary N) is 3. The summed E-state index contributed by atoms with van der Waals surface area (Å²) in [5.41, 5.74) is 10.1. The summed E-state index contributed by atoms with van der Waals surface area (Å²) in [6.07, 6.45) is 7.07. The highest BCUT2D eigenvalue weighted by atomic mass is 16.2. The number of pyridine rings is 1. The number of amides is 2. The number of hydrogen-bond acceptors (Lipinski definition) is 5. The fourth-order valence-corrected chi connectivity index (χ4v) is 2.23. The van der Waals surface area contributed by atoms with E-state index in [1.54, 1.807) is 12.4 Å². The fourth-order valence-electron chi connectivity index (χ4n) is 2.23. The number of rotatable bonds is 7. The van der Waals surface area contributed by atoms with Crippen molar-refractivity contribution >= 4 is 23.1 Å². The Morgan fingerprint density at radius 2 is 1.85 bits per heavy atom. The number of anilines is 3. The summed E-state index contributed by atoms with van der Waals surface area (Å²) in [6.45, 7) is 6.27. The molecule has 150 valence electrons. The topological polar surface area (TPSA) is 127 Å². The molecule has 1 aromatic heterocycles. The van der Waals surface area contributed by atoms with Gasteiger partial charge < -0.3 is 27.8 Å². The Morgan fingerprint density at radius 1 is 1.19 bits per heavy atom. The monoisotopic (exact) mass is 374 g/mol. The molecule has 2 aromatic rings. The summed E-state index contributed by atoms with van der Waals surface area (Å²) >= 11 is 0. The average Bonchev–Trinajstić information content (AvgIpc) is 2.61. The van der Waals surface area contributed by atoms with Crippen LogP contribution in [0, 0.1) is 12.8 Å². The molecule has 7 nitrogen and oxygen atoms in total. The Bertz CT molecular complexity index is 766. The maximum Gasteiger partial charge on any atom is 0.323 e. The van der Waals surface area contributed by atoms with Gasteiger partial charge in [-0.3, -0.25) is 4.98 Å². The lowest BCUT2D eigenvalue weighted by Gasteiger charge is -2.10. The van der Waals surface area contributed by atoms with Crippen LogP contribution in [-0.2, 0) is 0 Å². The minimum absolute atomic E-state index is 0. The summed E-state index contributed by atoms with van der Waals surface area (Å²) in [4.78, 5) is 16.1. The average molecular weight is 375 g/mol. The summed E-state index contributed by atoms with van der Waals surface area (Å²) in [5, 5.41) is 8.75. The lowest BCUT2D eigenvalue weighted by atomic mass is 10.1. The summed E-state index contributed by atoms with van der Waals surface area (Å²) in [5.74, 6) is 0.633. The number of urea groups is 1. The lowest BCUT2D eigenvalue weighted by molar-refractivity contribution is 0.262. The number of benzene rings is 1. The molecule has 1 heterocycles. The second kappa shape index (κ2) is 10.8. The van der Waals surface area contributed by atoms with Gasteiger partial charge in [-0.25, -0.2) is 4.79 Å². The second-order valence-electron chi connectivity index (χ2n) is 6.64. The highest BCUT2D eigenvalue weighted by Gasteiger charge is 2.05. The number of carbonyl (C=O) groups is 1. The van der Waals surface area contributed by atoms with Crippen LogP contribution in [0.3, 0.4) is 0 Å². The van der Waals surface area contributed by atoms with Gasteiger partial charge in [0.2, 0.25) is 0 Å². The molecule has 0 aliphatic heterocycles. The first-order chi connectivity index (χ1) is 12.4. The molecule has 0 unspecified atom stereocenters. The zero-order valence-corrected chi connectivity index (χ0v) is 16.3. The van der Waals surface area contributed by atoms with Crippen LogP contribution < -0.4 is 27.8 Å². The van der Waals surface area contributed by atoms with Gasteiger partial charge >= 0.3 is 6.03 Å². The minimum atomic E-state index is -0.306. The molecule has 0 spiro atoms. The number of aryl methyl sites for hydroxylation is 1. The van der Waals surface area contributed by atoms with E-state index < -0.39 is 0 Å². The van der Waals surface area contributed by atoms with Crippen molar-refractivity contribution in [2.24, 2.45) is 11.7 Å². The van der Waals surface area contributed by atoms with E-state index in [4.69, 9.17) is 5.73 Å². The summed E-state index contributed by atoms with van der Waals surface area (Å²) < 4.78 is 0. The van der Waals surface area contributed by atoms with E-state index in [1.165, 1.54) is 0 Å². The molecular formula is C20H34N6O. The van der Waals surface area contributed by atoms with Crippen molar-refractivity contribution in [2.45, 2.75) is 33.6 Å². The van der Waals surface area contributed by atoms with Gasteiger partial charge in [0.05, 0.1) is 11.9 Å². The summed E-state index contributed by atoms with van der Waals surface area (Å²) in [6, 6.07) is 8.97. The van der Waals surface area contributed by atoms with Gasteiger partial charge in [0.1, 0.15) is 0 Å². The molecular weight excluding hydrogens is 340 g/mol. The van der Waals surface area contributed by atoms with E-state index in [0.29, 0.717) is 17.3 Å². The van der Waals surface area contributed by atoms with E-state index in [-0.39, 0.29) is 15.0 Å². The van der Waals surface area contributed by atoms with Crippen molar-refractivity contribution in [1.82, 2.24) is 11.1 Å². The Kier molecular flexibility index (Phi) is 8.81. The van der Waals surface area contributed by atoms with Crippen LogP contribution in [0.5, 0.6) is 0 Å². The third-order valence-corrected chi connectivity index (χ3v) is 3.86. The van der Waals surface area contributed by atoms with Gasteiger partial charge in [-0.15, -0.1) is 0 Å². The van der Waals surface area contributed by atoms with E-state index in [2.05, 4.69) is 34.8 Å². The molecule has 2 amide bonds. The number of carbonyl (C=O) groups excluding carboxylic acids is 1. The van der Waals surface area contributed by atoms with Crippen LogP contribution >= 0.6 is 0 Å². The van der Waals surface area contributed by atoms with E-state index in [1.807, 2.05) is 43.5 Å². The first-order valence-electron chi connectivity index (χ1n) is 8.74. The second-order valence-corrected chi connectivity index (χ2v) is 6.64. The third kappa shape index (κ3) is 7.79. The smallest absolute Gasteiger partial charge is 0.323 e. The Hall–Kier alpha value is -3.06. The molecule has 0 bridgehead atoms. The Morgan fingerprint density at radius 3 is 2.48 bits per heavy atom. The number of nitrogens with zero attached hydrogens (tertiary/aromatic N) is 1. The van der Waals surface area contributed by atoms with Gasteiger partial charge in [-0.1, -0.05) is 13.8 Å². The van der Waals surface area contributed by atoms with Gasteiger partial charge in [0.25, 0.3) is 0 Å². The first-order valence-corrected chi connectivity index (χ1v) is 8.74. The molecule has 0 radical (unpaired) electrons. The van der Waals surface area contributed by atoms with Gasteiger partial charge in [0.15, 0.2) is 0 Å². The van der Waals surface area contributed by atoms with Gasteiger partial charge in [0, 0.05) is 32.3 Å². The van der Waals surface area contributed by atoms with Crippen LogP contribution in [0.25, 0.3) is 0 Å². The van der Waals surface area contributed by atoms with Crippen molar-refractivity contribution in [3.63, 3.8) is 0 Å². The molecule has 0 aliphatic carbocycles. The van der Waals surface area contributed by atoms with Crippen LogP contribution in [0.2, 0.25) is 0 Å². The van der Waals surface area contributed by atoms with Crippen LogP contribution in [0.15, 0.2) is 54.6 Å². The highest BCUT2D eigenvalue weighted by Crippen LogP contribution is 2.16. The highest BCUT2D eigenvalue weighted by molar-refractivity contribution is 6.00. The zero-order chi connectivity index (χ0) is 18.9.